The molecule has 0 fully saturated rings. The van der Waals surface area contributed by atoms with Gasteiger partial charge in [0.05, 0.1) is 0 Å². The molecule has 0 amide bonds. The molecule has 0 saturated carbocycles. The molecule has 1 unspecified atom stereocenters. The number of hydrogen-bond donors (Lipinski definition) is 0. The van der Waals surface area contributed by atoms with Crippen LogP contribution in [-0.4, -0.2) is 14.8 Å². The van der Waals surface area contributed by atoms with Crippen molar-refractivity contribution in [2.75, 3.05) is 0 Å². The SMILES string of the molecule is C=C/C(=C\n1ncnc1C=C)C(CCCCCC)CCCCCCC. The van der Waals surface area contributed by atoms with Crippen LogP contribution < -0.4 is 0 Å². The number of aromatic nitrogens is 3. The molecule has 0 bridgehead atoms. The molecule has 1 rings (SSSR count). The van der Waals surface area contributed by atoms with E-state index in [1.807, 2.05) is 10.8 Å². The third-order valence-corrected chi connectivity index (χ3v) is 4.82. The van der Waals surface area contributed by atoms with Crippen LogP contribution >= 0.6 is 0 Å². The van der Waals surface area contributed by atoms with Crippen LogP contribution in [0.25, 0.3) is 12.3 Å². The third kappa shape index (κ3) is 8.33. The van der Waals surface area contributed by atoms with E-state index in [1.165, 1.54) is 76.2 Å². The van der Waals surface area contributed by atoms with Gasteiger partial charge in [-0.25, -0.2) is 9.67 Å². The molecule has 0 aliphatic heterocycles. The Morgan fingerprint density at radius 3 is 2.16 bits per heavy atom. The maximum Gasteiger partial charge on any atom is 0.154 e. The standard InChI is InChI=1S/C22H37N3/c1-5-9-11-13-15-17-21(16-14-12-10-6-2)20(7-3)18-25-22(8-4)23-19-24-25/h7-8,18-19,21H,3-6,9-17H2,1-2H3/b20-18+. The van der Waals surface area contributed by atoms with E-state index >= 15 is 0 Å². The molecule has 3 heteroatoms. The Labute approximate surface area is 154 Å². The molecule has 0 N–H and O–H groups in total. The molecule has 0 aliphatic rings. The van der Waals surface area contributed by atoms with Crippen LogP contribution in [-0.2, 0) is 0 Å². The van der Waals surface area contributed by atoms with Gasteiger partial charge >= 0.3 is 0 Å². The summed E-state index contributed by atoms with van der Waals surface area (Å²) in [5.74, 6) is 1.35. The van der Waals surface area contributed by atoms with Crippen molar-refractivity contribution in [3.05, 3.63) is 37.0 Å². The van der Waals surface area contributed by atoms with Gasteiger partial charge < -0.3 is 0 Å². The van der Waals surface area contributed by atoms with Gasteiger partial charge in [-0.15, -0.1) is 0 Å². The molecule has 0 spiro atoms. The van der Waals surface area contributed by atoms with Crippen LogP contribution in [0.15, 0.2) is 31.1 Å². The van der Waals surface area contributed by atoms with E-state index in [2.05, 4.69) is 43.3 Å². The maximum absolute atomic E-state index is 4.30. The number of nitrogens with zero attached hydrogens (tertiary/aromatic N) is 3. The molecule has 25 heavy (non-hydrogen) atoms. The Hall–Kier alpha value is -1.64. The van der Waals surface area contributed by atoms with E-state index in [4.69, 9.17) is 0 Å². The summed E-state index contributed by atoms with van der Waals surface area (Å²) in [6, 6.07) is 0. The molecule has 3 nitrogen and oxygen atoms in total. The van der Waals surface area contributed by atoms with Crippen molar-refractivity contribution < 1.29 is 0 Å². The second kappa shape index (κ2) is 13.6. The molecule has 0 saturated heterocycles. The molecule has 1 aromatic heterocycles. The summed E-state index contributed by atoms with van der Waals surface area (Å²) in [6.07, 6.45) is 21.8. The van der Waals surface area contributed by atoms with E-state index in [1.54, 1.807) is 12.4 Å². The van der Waals surface area contributed by atoms with Crippen LogP contribution in [0.3, 0.4) is 0 Å². The monoisotopic (exact) mass is 343 g/mol. The third-order valence-electron chi connectivity index (χ3n) is 4.82. The lowest BCUT2D eigenvalue weighted by atomic mass is 9.88. The highest BCUT2D eigenvalue weighted by molar-refractivity contribution is 5.45. The summed E-state index contributed by atoms with van der Waals surface area (Å²) < 4.78 is 1.82. The number of hydrogen-bond acceptors (Lipinski definition) is 2. The second-order valence-electron chi connectivity index (χ2n) is 6.85. The van der Waals surface area contributed by atoms with Crippen molar-refractivity contribution in [2.24, 2.45) is 5.92 Å². The van der Waals surface area contributed by atoms with Crippen molar-refractivity contribution in [3.8, 4) is 0 Å². The topological polar surface area (TPSA) is 30.7 Å². The largest absolute Gasteiger partial charge is 0.221 e. The van der Waals surface area contributed by atoms with Gasteiger partial charge in [0.2, 0.25) is 0 Å². The Morgan fingerprint density at radius 1 is 1.00 bits per heavy atom. The highest BCUT2D eigenvalue weighted by Gasteiger charge is 2.13. The number of unbranched alkanes of at least 4 members (excludes halogenated alkanes) is 7. The van der Waals surface area contributed by atoms with E-state index in [-0.39, 0.29) is 0 Å². The van der Waals surface area contributed by atoms with Gasteiger partial charge in [-0.1, -0.05) is 90.9 Å². The van der Waals surface area contributed by atoms with Gasteiger partial charge in [0, 0.05) is 6.20 Å². The Bertz CT molecular complexity index is 513. The highest BCUT2D eigenvalue weighted by atomic mass is 15.3. The normalized spacial score (nSPS) is 13.0. The Kier molecular flexibility index (Phi) is 11.7. The first-order valence-corrected chi connectivity index (χ1v) is 10.1. The van der Waals surface area contributed by atoms with Crippen molar-refractivity contribution in [1.29, 1.82) is 0 Å². The average molecular weight is 344 g/mol. The van der Waals surface area contributed by atoms with Gasteiger partial charge in [0.15, 0.2) is 5.82 Å². The summed E-state index contributed by atoms with van der Waals surface area (Å²) in [4.78, 5) is 4.22. The molecule has 0 aromatic carbocycles. The number of allylic oxidation sites excluding steroid dienone is 2. The van der Waals surface area contributed by atoms with Crippen LogP contribution in [0.4, 0.5) is 0 Å². The van der Waals surface area contributed by atoms with Gasteiger partial charge in [0.1, 0.15) is 6.33 Å². The predicted octanol–water partition coefficient (Wildman–Crippen LogP) is 6.90. The van der Waals surface area contributed by atoms with Gasteiger partial charge in [-0.05, 0) is 30.4 Å². The summed E-state index contributed by atoms with van der Waals surface area (Å²) >= 11 is 0. The fraction of sp³-hybridized carbons (Fsp3) is 0.636. The first-order valence-electron chi connectivity index (χ1n) is 10.1. The van der Waals surface area contributed by atoms with Gasteiger partial charge in [-0.2, -0.15) is 5.10 Å². The zero-order valence-electron chi connectivity index (χ0n) is 16.4. The highest BCUT2D eigenvalue weighted by Crippen LogP contribution is 2.27. The first-order chi connectivity index (χ1) is 12.3. The molecular formula is C22H37N3. The van der Waals surface area contributed by atoms with Crippen molar-refractivity contribution in [3.63, 3.8) is 0 Å². The predicted molar refractivity (Wildman–Crippen MR) is 110 cm³/mol. The van der Waals surface area contributed by atoms with Gasteiger partial charge in [-0.3, -0.25) is 0 Å². The van der Waals surface area contributed by atoms with E-state index < -0.39 is 0 Å². The van der Waals surface area contributed by atoms with Crippen LogP contribution in [0.1, 0.15) is 90.3 Å². The average Bonchev–Trinajstić information content (AvgIpc) is 3.08. The van der Waals surface area contributed by atoms with E-state index in [0.29, 0.717) is 5.92 Å². The maximum atomic E-state index is 4.30. The summed E-state index contributed by atoms with van der Waals surface area (Å²) in [7, 11) is 0. The minimum Gasteiger partial charge on any atom is -0.221 e. The summed E-state index contributed by atoms with van der Waals surface area (Å²) in [5.41, 5.74) is 1.28. The van der Waals surface area contributed by atoms with Crippen molar-refractivity contribution >= 4 is 12.3 Å². The molecule has 1 heterocycles. The van der Waals surface area contributed by atoms with Crippen molar-refractivity contribution in [2.45, 2.75) is 84.5 Å². The second-order valence-corrected chi connectivity index (χ2v) is 6.85. The quantitative estimate of drug-likeness (QED) is 0.256. The van der Waals surface area contributed by atoms with E-state index in [9.17, 15) is 0 Å². The summed E-state index contributed by atoms with van der Waals surface area (Å²) in [5, 5.41) is 4.30. The van der Waals surface area contributed by atoms with Crippen LogP contribution in [0.5, 0.6) is 0 Å². The first kappa shape index (κ1) is 21.4. The molecule has 1 aromatic rings. The molecule has 0 radical (unpaired) electrons. The Morgan fingerprint density at radius 2 is 1.60 bits per heavy atom. The molecule has 140 valence electrons. The Balaban J connectivity index is 2.74. The smallest absolute Gasteiger partial charge is 0.154 e. The molecular weight excluding hydrogens is 306 g/mol. The van der Waals surface area contributed by atoms with E-state index in [0.717, 1.165) is 5.82 Å². The minimum absolute atomic E-state index is 0.567. The minimum atomic E-state index is 0.567. The lowest BCUT2D eigenvalue weighted by Crippen LogP contribution is -2.06. The van der Waals surface area contributed by atoms with Gasteiger partial charge in [0.25, 0.3) is 0 Å². The zero-order chi connectivity index (χ0) is 18.3. The fourth-order valence-corrected chi connectivity index (χ4v) is 3.26. The molecule has 0 aliphatic carbocycles. The fourth-order valence-electron chi connectivity index (χ4n) is 3.26. The summed E-state index contributed by atoms with van der Waals surface area (Å²) in [6.45, 7) is 12.4. The zero-order valence-corrected chi connectivity index (χ0v) is 16.4. The van der Waals surface area contributed by atoms with Crippen LogP contribution in [0.2, 0.25) is 0 Å². The number of rotatable bonds is 15. The molecule has 1 atom stereocenters. The lowest BCUT2D eigenvalue weighted by Gasteiger charge is -2.18. The van der Waals surface area contributed by atoms with Crippen molar-refractivity contribution in [1.82, 2.24) is 14.8 Å². The lowest BCUT2D eigenvalue weighted by molar-refractivity contribution is 0.459. The van der Waals surface area contributed by atoms with Crippen LogP contribution in [0, 0.1) is 5.92 Å².